The van der Waals surface area contributed by atoms with Gasteiger partial charge in [-0.3, -0.25) is 4.99 Å². The van der Waals surface area contributed by atoms with E-state index >= 15 is 0 Å². The number of rotatable bonds is 6. The SMILES string of the molecule is CN=C(NCCCN1CCCCC1C)NCc1sccc1C. The van der Waals surface area contributed by atoms with Crippen LogP contribution < -0.4 is 10.6 Å². The van der Waals surface area contributed by atoms with Gasteiger partial charge in [-0.15, -0.1) is 11.3 Å². The average Bonchev–Trinajstić information content (AvgIpc) is 2.93. The van der Waals surface area contributed by atoms with E-state index in [1.807, 2.05) is 7.05 Å². The van der Waals surface area contributed by atoms with E-state index in [2.05, 4.69) is 45.8 Å². The summed E-state index contributed by atoms with van der Waals surface area (Å²) in [5.74, 6) is 0.902. The largest absolute Gasteiger partial charge is 0.356 e. The molecule has 0 spiro atoms. The lowest BCUT2D eigenvalue weighted by Crippen LogP contribution is -2.41. The van der Waals surface area contributed by atoms with Crippen LogP contribution in [-0.4, -0.2) is 43.6 Å². The summed E-state index contributed by atoms with van der Waals surface area (Å²) >= 11 is 1.80. The van der Waals surface area contributed by atoms with Gasteiger partial charge >= 0.3 is 0 Å². The van der Waals surface area contributed by atoms with E-state index in [9.17, 15) is 0 Å². The summed E-state index contributed by atoms with van der Waals surface area (Å²) in [7, 11) is 1.84. The number of aryl methyl sites for hydroxylation is 1. The Hall–Kier alpha value is -1.07. The molecule has 0 bridgehead atoms. The van der Waals surface area contributed by atoms with Crippen molar-refractivity contribution in [1.29, 1.82) is 0 Å². The van der Waals surface area contributed by atoms with Crippen LogP contribution in [0.3, 0.4) is 0 Å². The highest BCUT2D eigenvalue weighted by Crippen LogP contribution is 2.16. The Morgan fingerprint density at radius 1 is 1.41 bits per heavy atom. The third-order valence-corrected chi connectivity index (χ3v) is 5.49. The molecule has 1 fully saturated rings. The molecular formula is C17H30N4S. The van der Waals surface area contributed by atoms with Gasteiger partial charge in [0, 0.05) is 31.1 Å². The molecular weight excluding hydrogens is 292 g/mol. The molecule has 2 heterocycles. The van der Waals surface area contributed by atoms with E-state index in [1.54, 1.807) is 11.3 Å². The quantitative estimate of drug-likeness (QED) is 0.480. The number of hydrogen-bond acceptors (Lipinski definition) is 3. The number of nitrogens with zero attached hydrogens (tertiary/aromatic N) is 2. The lowest BCUT2D eigenvalue weighted by Gasteiger charge is -2.33. The summed E-state index contributed by atoms with van der Waals surface area (Å²) in [5.41, 5.74) is 1.35. The highest BCUT2D eigenvalue weighted by molar-refractivity contribution is 7.10. The maximum atomic E-state index is 4.30. The van der Waals surface area contributed by atoms with Crippen molar-refractivity contribution in [2.24, 2.45) is 4.99 Å². The molecule has 4 nitrogen and oxygen atoms in total. The van der Waals surface area contributed by atoms with Crippen molar-refractivity contribution < 1.29 is 0 Å². The van der Waals surface area contributed by atoms with Crippen molar-refractivity contribution in [1.82, 2.24) is 15.5 Å². The first kappa shape index (κ1) is 17.3. The number of guanidine groups is 1. The van der Waals surface area contributed by atoms with Gasteiger partial charge in [0.2, 0.25) is 0 Å². The zero-order chi connectivity index (χ0) is 15.8. The number of nitrogens with one attached hydrogen (secondary N) is 2. The van der Waals surface area contributed by atoms with Crippen LogP contribution in [0.4, 0.5) is 0 Å². The standard InChI is InChI=1S/C17H30N4S/c1-14-8-12-22-16(14)13-20-17(18-3)19-9-6-11-21-10-5-4-7-15(21)2/h8,12,15H,4-7,9-11,13H2,1-3H3,(H2,18,19,20). The van der Waals surface area contributed by atoms with Gasteiger partial charge in [-0.2, -0.15) is 0 Å². The molecule has 1 aliphatic rings. The number of thiophene rings is 1. The Bertz CT molecular complexity index is 469. The predicted molar refractivity (Wildman–Crippen MR) is 96.8 cm³/mol. The van der Waals surface area contributed by atoms with Crippen molar-refractivity contribution in [2.75, 3.05) is 26.7 Å². The molecule has 0 aromatic carbocycles. The summed E-state index contributed by atoms with van der Waals surface area (Å²) in [6.07, 6.45) is 5.29. The van der Waals surface area contributed by atoms with Gasteiger partial charge in [0.15, 0.2) is 5.96 Å². The van der Waals surface area contributed by atoms with Gasteiger partial charge in [-0.25, -0.2) is 0 Å². The molecule has 1 unspecified atom stereocenters. The van der Waals surface area contributed by atoms with Crippen molar-refractivity contribution >= 4 is 17.3 Å². The second-order valence-corrected chi connectivity index (χ2v) is 7.11. The van der Waals surface area contributed by atoms with Crippen LogP contribution in [0.2, 0.25) is 0 Å². The van der Waals surface area contributed by atoms with Crippen LogP contribution in [0, 0.1) is 6.92 Å². The molecule has 0 saturated carbocycles. The lowest BCUT2D eigenvalue weighted by atomic mass is 10.0. The third-order valence-electron chi connectivity index (χ3n) is 4.46. The van der Waals surface area contributed by atoms with Crippen LogP contribution in [0.25, 0.3) is 0 Å². The van der Waals surface area contributed by atoms with E-state index in [1.165, 1.54) is 49.2 Å². The summed E-state index contributed by atoms with van der Waals surface area (Å²) in [4.78, 5) is 8.30. The van der Waals surface area contributed by atoms with E-state index in [-0.39, 0.29) is 0 Å². The summed E-state index contributed by atoms with van der Waals surface area (Å²) in [5, 5.41) is 8.96. The molecule has 1 aromatic rings. The van der Waals surface area contributed by atoms with Gasteiger partial charge in [0.25, 0.3) is 0 Å². The van der Waals surface area contributed by atoms with Gasteiger partial charge in [0.05, 0.1) is 6.54 Å². The van der Waals surface area contributed by atoms with Crippen molar-refractivity contribution in [3.63, 3.8) is 0 Å². The normalized spacial score (nSPS) is 20.1. The molecule has 2 rings (SSSR count). The fourth-order valence-corrected chi connectivity index (χ4v) is 3.79. The Balaban J connectivity index is 1.63. The summed E-state index contributed by atoms with van der Waals surface area (Å²) < 4.78 is 0. The second-order valence-electron chi connectivity index (χ2n) is 6.11. The average molecular weight is 323 g/mol. The Labute approximate surface area is 139 Å². The zero-order valence-electron chi connectivity index (χ0n) is 14.2. The fourth-order valence-electron chi connectivity index (χ4n) is 2.95. The van der Waals surface area contributed by atoms with Crippen LogP contribution in [0.15, 0.2) is 16.4 Å². The molecule has 1 atom stereocenters. The maximum absolute atomic E-state index is 4.30. The van der Waals surface area contributed by atoms with E-state index in [4.69, 9.17) is 0 Å². The minimum Gasteiger partial charge on any atom is -0.356 e. The highest BCUT2D eigenvalue weighted by atomic mass is 32.1. The predicted octanol–water partition coefficient (Wildman–Crippen LogP) is 2.99. The van der Waals surface area contributed by atoms with Crippen LogP contribution in [0.1, 0.15) is 43.0 Å². The first-order valence-electron chi connectivity index (χ1n) is 8.42. The topological polar surface area (TPSA) is 39.7 Å². The molecule has 0 radical (unpaired) electrons. The Morgan fingerprint density at radius 3 is 2.95 bits per heavy atom. The second kappa shape index (κ2) is 9.16. The third kappa shape index (κ3) is 5.29. The van der Waals surface area contributed by atoms with Gasteiger partial charge in [0.1, 0.15) is 0 Å². The molecule has 124 valence electrons. The van der Waals surface area contributed by atoms with Crippen LogP contribution in [0.5, 0.6) is 0 Å². The van der Waals surface area contributed by atoms with Crippen molar-refractivity contribution in [2.45, 2.75) is 52.1 Å². The monoisotopic (exact) mass is 322 g/mol. The smallest absolute Gasteiger partial charge is 0.191 e. The maximum Gasteiger partial charge on any atom is 0.191 e. The number of hydrogen-bond donors (Lipinski definition) is 2. The van der Waals surface area contributed by atoms with E-state index in [0.29, 0.717) is 0 Å². The number of likely N-dealkylation sites (tertiary alicyclic amines) is 1. The van der Waals surface area contributed by atoms with Gasteiger partial charge < -0.3 is 15.5 Å². The Kier molecular flexibility index (Phi) is 7.19. The number of aliphatic imine (C=N–C) groups is 1. The minimum absolute atomic E-state index is 0.757. The molecule has 1 saturated heterocycles. The van der Waals surface area contributed by atoms with Crippen molar-refractivity contribution in [3.05, 3.63) is 21.9 Å². The Morgan fingerprint density at radius 2 is 2.27 bits per heavy atom. The fraction of sp³-hybridized carbons (Fsp3) is 0.706. The molecule has 5 heteroatoms. The number of piperidine rings is 1. The first-order chi connectivity index (χ1) is 10.7. The van der Waals surface area contributed by atoms with Crippen LogP contribution >= 0.6 is 11.3 Å². The van der Waals surface area contributed by atoms with Crippen LogP contribution in [-0.2, 0) is 6.54 Å². The molecule has 0 aliphatic carbocycles. The summed E-state index contributed by atoms with van der Waals surface area (Å²) in [6, 6.07) is 2.92. The summed E-state index contributed by atoms with van der Waals surface area (Å²) in [6.45, 7) is 8.81. The first-order valence-corrected chi connectivity index (χ1v) is 9.30. The zero-order valence-corrected chi connectivity index (χ0v) is 15.0. The molecule has 0 amide bonds. The van der Waals surface area contributed by atoms with E-state index in [0.717, 1.165) is 25.1 Å². The highest BCUT2D eigenvalue weighted by Gasteiger charge is 2.17. The molecule has 22 heavy (non-hydrogen) atoms. The molecule has 1 aliphatic heterocycles. The molecule has 1 aromatic heterocycles. The lowest BCUT2D eigenvalue weighted by molar-refractivity contribution is 0.159. The van der Waals surface area contributed by atoms with Gasteiger partial charge in [-0.05, 0) is 56.7 Å². The van der Waals surface area contributed by atoms with Gasteiger partial charge in [-0.1, -0.05) is 6.42 Å². The van der Waals surface area contributed by atoms with E-state index < -0.39 is 0 Å². The van der Waals surface area contributed by atoms with Crippen molar-refractivity contribution in [3.8, 4) is 0 Å². The molecule has 2 N–H and O–H groups in total. The minimum atomic E-state index is 0.757.